The van der Waals surface area contributed by atoms with Crippen LogP contribution in [0.3, 0.4) is 0 Å². The van der Waals surface area contributed by atoms with Gasteiger partial charge in [0.15, 0.2) is 11.5 Å². The van der Waals surface area contributed by atoms with Gasteiger partial charge in [0.2, 0.25) is 0 Å². The molecular formula is C21H14N8S. The first kappa shape index (κ1) is 16.8. The van der Waals surface area contributed by atoms with Crippen molar-refractivity contribution in [3.8, 4) is 33.9 Å². The molecule has 6 rings (SSSR count). The van der Waals surface area contributed by atoms with Gasteiger partial charge < -0.3 is 10.7 Å². The second-order valence-corrected chi connectivity index (χ2v) is 7.63. The first-order chi connectivity index (χ1) is 14.8. The Morgan fingerprint density at radius 3 is 2.83 bits per heavy atom. The van der Waals surface area contributed by atoms with Crippen molar-refractivity contribution in [3.05, 3.63) is 59.8 Å². The summed E-state index contributed by atoms with van der Waals surface area (Å²) in [5, 5.41) is 12.6. The fourth-order valence-electron chi connectivity index (χ4n) is 3.53. The van der Waals surface area contributed by atoms with Crippen LogP contribution >= 0.6 is 11.3 Å². The van der Waals surface area contributed by atoms with E-state index in [1.165, 1.54) is 0 Å². The predicted octanol–water partition coefficient (Wildman–Crippen LogP) is 4.27. The van der Waals surface area contributed by atoms with Crippen LogP contribution in [0.15, 0.2) is 59.8 Å². The van der Waals surface area contributed by atoms with Crippen LogP contribution < -0.4 is 5.73 Å². The normalized spacial score (nSPS) is 11.5. The number of nitrogen functional groups attached to an aromatic ring is 1. The number of hydrogen-bond acceptors (Lipinski definition) is 7. The molecular weight excluding hydrogens is 396 g/mol. The van der Waals surface area contributed by atoms with Crippen molar-refractivity contribution in [2.45, 2.75) is 0 Å². The van der Waals surface area contributed by atoms with Crippen molar-refractivity contribution in [2.75, 3.05) is 5.73 Å². The number of nitrogens with zero attached hydrogens (tertiary/aromatic N) is 5. The zero-order valence-electron chi connectivity index (χ0n) is 15.5. The molecule has 6 heterocycles. The minimum Gasteiger partial charge on any atom is -0.397 e. The Kier molecular flexibility index (Phi) is 3.62. The van der Waals surface area contributed by atoms with Gasteiger partial charge in [0.1, 0.15) is 5.69 Å². The van der Waals surface area contributed by atoms with E-state index in [-0.39, 0.29) is 0 Å². The molecule has 0 amide bonds. The number of nitrogens with two attached hydrogens (primary N) is 1. The van der Waals surface area contributed by atoms with Gasteiger partial charge in [-0.05, 0) is 40.6 Å². The van der Waals surface area contributed by atoms with E-state index < -0.39 is 0 Å². The third-order valence-electron chi connectivity index (χ3n) is 4.95. The standard InChI is InChI=1S/C21H14N8S/c22-13-5-12(7-23-8-13)16-6-15-17(9-25-16)28-29-19(15)21-26-18-14(11-2-4-30-10-11)1-3-24-20(18)27-21/h1-10H,22H2,(H,28,29)(H,24,26,27). The molecule has 0 aliphatic rings. The van der Waals surface area contributed by atoms with E-state index >= 15 is 0 Å². The molecule has 4 N–H and O–H groups in total. The fourth-order valence-corrected chi connectivity index (χ4v) is 4.19. The summed E-state index contributed by atoms with van der Waals surface area (Å²) in [4.78, 5) is 21.2. The van der Waals surface area contributed by atoms with Crippen LogP contribution in [0.25, 0.3) is 56.0 Å². The summed E-state index contributed by atoms with van der Waals surface area (Å²) in [5.74, 6) is 0.647. The molecule has 30 heavy (non-hydrogen) atoms. The molecule has 0 saturated carbocycles. The highest BCUT2D eigenvalue weighted by Gasteiger charge is 2.16. The number of nitrogens with one attached hydrogen (secondary N) is 2. The van der Waals surface area contributed by atoms with Crippen LogP contribution in [-0.4, -0.2) is 35.1 Å². The highest BCUT2D eigenvalue weighted by atomic mass is 32.1. The van der Waals surface area contributed by atoms with Gasteiger partial charge >= 0.3 is 0 Å². The van der Waals surface area contributed by atoms with Crippen molar-refractivity contribution in [2.24, 2.45) is 0 Å². The highest BCUT2D eigenvalue weighted by Crippen LogP contribution is 2.32. The lowest BCUT2D eigenvalue weighted by atomic mass is 10.1. The maximum absolute atomic E-state index is 5.88. The van der Waals surface area contributed by atoms with E-state index in [2.05, 4.69) is 47.0 Å². The Morgan fingerprint density at radius 2 is 1.97 bits per heavy atom. The summed E-state index contributed by atoms with van der Waals surface area (Å²) >= 11 is 1.66. The summed E-state index contributed by atoms with van der Waals surface area (Å²) in [5.41, 5.74) is 13.3. The molecule has 8 nitrogen and oxygen atoms in total. The quantitative estimate of drug-likeness (QED) is 0.400. The van der Waals surface area contributed by atoms with Gasteiger partial charge in [-0.3, -0.25) is 15.1 Å². The molecule has 0 spiro atoms. The molecule has 6 aromatic rings. The average molecular weight is 410 g/mol. The molecule has 0 radical (unpaired) electrons. The van der Waals surface area contributed by atoms with Crippen LogP contribution in [0.5, 0.6) is 0 Å². The summed E-state index contributed by atoms with van der Waals surface area (Å²) in [7, 11) is 0. The van der Waals surface area contributed by atoms with Crippen LogP contribution in [0.1, 0.15) is 0 Å². The topological polar surface area (TPSA) is 122 Å². The second kappa shape index (κ2) is 6.46. The molecule has 0 saturated heterocycles. The summed E-state index contributed by atoms with van der Waals surface area (Å²) in [6.45, 7) is 0. The molecule has 0 aliphatic carbocycles. The lowest BCUT2D eigenvalue weighted by molar-refractivity contribution is 1.10. The minimum absolute atomic E-state index is 0.589. The molecule has 0 unspecified atom stereocenters. The Bertz CT molecular complexity index is 1510. The lowest BCUT2D eigenvalue weighted by Crippen LogP contribution is -1.90. The Labute approximate surface area is 173 Å². The molecule has 0 bridgehead atoms. The van der Waals surface area contributed by atoms with Crippen LogP contribution in [0.2, 0.25) is 0 Å². The second-order valence-electron chi connectivity index (χ2n) is 6.85. The smallest absolute Gasteiger partial charge is 0.178 e. The molecule has 9 heteroatoms. The number of fused-ring (bicyclic) bond motifs is 2. The minimum atomic E-state index is 0.589. The zero-order valence-corrected chi connectivity index (χ0v) is 16.3. The van der Waals surface area contributed by atoms with Crippen molar-refractivity contribution < 1.29 is 0 Å². The molecule has 6 aromatic heterocycles. The lowest BCUT2D eigenvalue weighted by Gasteiger charge is -2.02. The third kappa shape index (κ3) is 2.64. The first-order valence-corrected chi connectivity index (χ1v) is 10.1. The number of thiophene rings is 1. The van der Waals surface area contributed by atoms with E-state index in [1.807, 2.05) is 18.2 Å². The van der Waals surface area contributed by atoms with E-state index in [4.69, 9.17) is 10.7 Å². The van der Waals surface area contributed by atoms with Gasteiger partial charge in [-0.1, -0.05) is 0 Å². The molecule has 0 aliphatic heterocycles. The zero-order chi connectivity index (χ0) is 20.1. The molecule has 0 atom stereocenters. The molecule has 0 aromatic carbocycles. The van der Waals surface area contributed by atoms with Crippen LogP contribution in [0.4, 0.5) is 5.69 Å². The molecule has 144 valence electrons. The third-order valence-corrected chi connectivity index (χ3v) is 5.63. The van der Waals surface area contributed by atoms with Gasteiger partial charge in [-0.15, -0.1) is 0 Å². The van der Waals surface area contributed by atoms with E-state index in [9.17, 15) is 0 Å². The summed E-state index contributed by atoms with van der Waals surface area (Å²) < 4.78 is 0. The highest BCUT2D eigenvalue weighted by molar-refractivity contribution is 7.08. The summed E-state index contributed by atoms with van der Waals surface area (Å²) in [6.07, 6.45) is 6.87. The number of aromatic amines is 2. The SMILES string of the molecule is Nc1cncc(-c2cc3c(-c4nc5nccc(-c6ccsc6)c5[nH]4)n[nH]c3cn2)c1. The van der Waals surface area contributed by atoms with E-state index in [0.29, 0.717) is 22.9 Å². The number of anilines is 1. The van der Waals surface area contributed by atoms with Gasteiger partial charge in [-0.2, -0.15) is 16.4 Å². The number of rotatable bonds is 3. The largest absolute Gasteiger partial charge is 0.397 e. The van der Waals surface area contributed by atoms with Crippen LogP contribution in [-0.2, 0) is 0 Å². The monoisotopic (exact) mass is 410 g/mol. The average Bonchev–Trinajstić information content (AvgIpc) is 3.51. The first-order valence-electron chi connectivity index (χ1n) is 9.19. The van der Waals surface area contributed by atoms with Gasteiger partial charge in [0.25, 0.3) is 0 Å². The Balaban J connectivity index is 1.52. The van der Waals surface area contributed by atoms with Crippen molar-refractivity contribution in [3.63, 3.8) is 0 Å². The number of H-pyrrole nitrogens is 2. The summed E-state index contributed by atoms with van der Waals surface area (Å²) in [6, 6.07) is 7.88. The van der Waals surface area contributed by atoms with E-state index in [0.717, 1.165) is 38.8 Å². The number of imidazole rings is 1. The van der Waals surface area contributed by atoms with Gasteiger partial charge in [0, 0.05) is 35.1 Å². The van der Waals surface area contributed by atoms with Crippen molar-refractivity contribution in [1.82, 2.24) is 35.1 Å². The predicted molar refractivity (Wildman–Crippen MR) is 118 cm³/mol. The Morgan fingerprint density at radius 1 is 1.00 bits per heavy atom. The van der Waals surface area contributed by atoms with E-state index in [1.54, 1.807) is 36.1 Å². The van der Waals surface area contributed by atoms with Crippen molar-refractivity contribution in [1.29, 1.82) is 0 Å². The molecule has 0 fully saturated rings. The Hall–Kier alpha value is -4.11. The number of pyridine rings is 3. The van der Waals surface area contributed by atoms with Gasteiger partial charge in [-0.25, -0.2) is 9.97 Å². The maximum Gasteiger partial charge on any atom is 0.178 e. The fraction of sp³-hybridized carbons (Fsp3) is 0. The van der Waals surface area contributed by atoms with Gasteiger partial charge in [0.05, 0.1) is 28.6 Å². The van der Waals surface area contributed by atoms with Crippen LogP contribution in [0, 0.1) is 0 Å². The number of hydrogen-bond donors (Lipinski definition) is 3. The van der Waals surface area contributed by atoms with Crippen molar-refractivity contribution >= 4 is 39.1 Å². The maximum atomic E-state index is 5.88. The number of aromatic nitrogens is 7.